The highest BCUT2D eigenvalue weighted by Gasteiger charge is 2.22. The highest BCUT2D eigenvalue weighted by molar-refractivity contribution is 9.10. The average molecular weight is 402 g/mol. The molecular formula is C16H18BrClN2O3. The lowest BCUT2D eigenvalue weighted by molar-refractivity contribution is 0.0926. The molecule has 124 valence electrons. The Morgan fingerprint density at radius 1 is 1.43 bits per heavy atom. The van der Waals surface area contributed by atoms with Crippen molar-refractivity contribution >= 4 is 45.2 Å². The highest BCUT2D eigenvalue weighted by atomic mass is 79.9. The fraction of sp³-hybridized carbons (Fsp3) is 0.375. The Balaban J connectivity index is 0.00000192. The van der Waals surface area contributed by atoms with E-state index in [1.54, 1.807) is 19.1 Å². The van der Waals surface area contributed by atoms with Crippen molar-refractivity contribution in [3.63, 3.8) is 0 Å². The molecule has 1 saturated heterocycles. The topological polar surface area (TPSA) is 71.3 Å². The number of hydrogen-bond acceptors (Lipinski definition) is 4. The maximum atomic E-state index is 12.5. The van der Waals surface area contributed by atoms with Gasteiger partial charge in [-0.25, -0.2) is 4.79 Å². The fourth-order valence-electron chi connectivity index (χ4n) is 2.82. The van der Waals surface area contributed by atoms with E-state index in [-0.39, 0.29) is 29.9 Å². The quantitative estimate of drug-likeness (QED) is 0.759. The summed E-state index contributed by atoms with van der Waals surface area (Å²) in [5.74, 6) is -0.359. The van der Waals surface area contributed by atoms with Gasteiger partial charge >= 0.3 is 5.63 Å². The molecule has 0 unspecified atom stereocenters. The number of carbonyl (C=O) groups excluding carboxylic acids is 1. The zero-order valence-corrected chi connectivity index (χ0v) is 15.1. The lowest BCUT2D eigenvalue weighted by atomic mass is 10.0. The van der Waals surface area contributed by atoms with Gasteiger partial charge in [0, 0.05) is 22.4 Å². The minimum absolute atomic E-state index is 0. The number of amides is 1. The first kappa shape index (κ1) is 18.0. The molecule has 0 bridgehead atoms. The fourth-order valence-corrected chi connectivity index (χ4v) is 3.18. The normalized spacial score (nSPS) is 17.6. The summed E-state index contributed by atoms with van der Waals surface area (Å²) < 4.78 is 6.16. The van der Waals surface area contributed by atoms with Crippen LogP contribution in [0.3, 0.4) is 0 Å². The molecule has 2 N–H and O–H groups in total. The van der Waals surface area contributed by atoms with E-state index in [1.807, 2.05) is 6.07 Å². The Bertz CT molecular complexity index is 785. The van der Waals surface area contributed by atoms with Crippen LogP contribution < -0.4 is 16.3 Å². The van der Waals surface area contributed by atoms with Crippen molar-refractivity contribution in [1.82, 2.24) is 10.6 Å². The summed E-state index contributed by atoms with van der Waals surface area (Å²) in [5, 5.41) is 6.92. The Labute approximate surface area is 148 Å². The van der Waals surface area contributed by atoms with Crippen LogP contribution in [0, 0.1) is 6.92 Å². The highest BCUT2D eigenvalue weighted by Crippen LogP contribution is 2.23. The van der Waals surface area contributed by atoms with Gasteiger partial charge in [-0.1, -0.05) is 15.9 Å². The van der Waals surface area contributed by atoms with Crippen LogP contribution in [0.15, 0.2) is 31.9 Å². The number of halogens is 2. The SMILES string of the molecule is Cc1c(C(=O)N[C@H]2CCCNC2)c(=O)oc2ccc(Br)cc12.Cl. The molecule has 1 aliphatic rings. The standard InChI is InChI=1S/C16H17BrN2O3.ClH/c1-9-12-7-10(17)4-5-13(12)22-16(21)14(9)15(20)19-11-3-2-6-18-8-11;/h4-5,7,11,18H,2-3,6,8H2,1H3,(H,19,20);1H/t11-;/m0./s1. The van der Waals surface area contributed by atoms with Crippen LogP contribution in [0.25, 0.3) is 11.0 Å². The molecule has 0 saturated carbocycles. The Morgan fingerprint density at radius 2 is 2.22 bits per heavy atom. The van der Waals surface area contributed by atoms with Crippen LogP contribution in [0.2, 0.25) is 0 Å². The number of aryl methyl sites for hydroxylation is 1. The lowest BCUT2D eigenvalue weighted by Gasteiger charge is -2.23. The summed E-state index contributed by atoms with van der Waals surface area (Å²) in [5.41, 5.74) is 0.639. The molecule has 3 rings (SSSR count). The second-order valence-corrected chi connectivity index (χ2v) is 6.46. The molecule has 2 heterocycles. The lowest BCUT2D eigenvalue weighted by Crippen LogP contribution is -2.46. The van der Waals surface area contributed by atoms with Gasteiger partial charge in [-0.05, 0) is 50.1 Å². The number of hydrogen-bond donors (Lipinski definition) is 2. The maximum absolute atomic E-state index is 12.5. The largest absolute Gasteiger partial charge is 0.422 e. The van der Waals surface area contributed by atoms with Crippen LogP contribution in [-0.4, -0.2) is 25.0 Å². The Hall–Kier alpha value is -1.37. The van der Waals surface area contributed by atoms with Gasteiger partial charge < -0.3 is 15.1 Å². The molecule has 1 aromatic carbocycles. The monoisotopic (exact) mass is 400 g/mol. The predicted octanol–water partition coefficient (Wildman–Crippen LogP) is 2.77. The third-order valence-electron chi connectivity index (χ3n) is 3.99. The summed E-state index contributed by atoms with van der Waals surface area (Å²) in [7, 11) is 0. The second kappa shape index (κ2) is 7.47. The number of piperidine rings is 1. The average Bonchev–Trinajstić information content (AvgIpc) is 2.49. The number of rotatable bonds is 2. The van der Waals surface area contributed by atoms with Crippen LogP contribution in [0.4, 0.5) is 0 Å². The van der Waals surface area contributed by atoms with E-state index in [9.17, 15) is 9.59 Å². The van der Waals surface area contributed by atoms with Crippen LogP contribution in [0.1, 0.15) is 28.8 Å². The van der Waals surface area contributed by atoms with Crippen LogP contribution in [0.5, 0.6) is 0 Å². The molecule has 0 spiro atoms. The number of benzene rings is 1. The van der Waals surface area contributed by atoms with E-state index in [2.05, 4.69) is 26.6 Å². The van der Waals surface area contributed by atoms with Crippen LogP contribution in [-0.2, 0) is 0 Å². The van der Waals surface area contributed by atoms with E-state index < -0.39 is 5.63 Å². The molecule has 2 aromatic rings. The first-order valence-corrected chi connectivity index (χ1v) is 8.10. The van der Waals surface area contributed by atoms with Crippen molar-refractivity contribution in [3.8, 4) is 0 Å². The zero-order valence-electron chi connectivity index (χ0n) is 12.6. The third kappa shape index (κ3) is 3.76. The summed E-state index contributed by atoms with van der Waals surface area (Å²) >= 11 is 3.40. The van der Waals surface area contributed by atoms with Crippen molar-refractivity contribution in [1.29, 1.82) is 0 Å². The third-order valence-corrected chi connectivity index (χ3v) is 4.48. The second-order valence-electron chi connectivity index (χ2n) is 5.55. The van der Waals surface area contributed by atoms with Gasteiger partial charge in [0.2, 0.25) is 0 Å². The van der Waals surface area contributed by atoms with E-state index >= 15 is 0 Å². The van der Waals surface area contributed by atoms with Gasteiger partial charge in [-0.2, -0.15) is 0 Å². The molecule has 0 radical (unpaired) electrons. The molecule has 7 heteroatoms. The first-order chi connectivity index (χ1) is 10.6. The van der Waals surface area contributed by atoms with E-state index in [0.717, 1.165) is 35.8 Å². The minimum Gasteiger partial charge on any atom is -0.422 e. The van der Waals surface area contributed by atoms with E-state index in [0.29, 0.717) is 11.1 Å². The zero-order chi connectivity index (χ0) is 15.7. The number of fused-ring (bicyclic) bond motifs is 1. The van der Waals surface area contributed by atoms with Gasteiger partial charge in [0.15, 0.2) is 0 Å². The van der Waals surface area contributed by atoms with Crippen molar-refractivity contribution in [2.45, 2.75) is 25.8 Å². The van der Waals surface area contributed by atoms with Crippen LogP contribution >= 0.6 is 28.3 Å². The summed E-state index contributed by atoms with van der Waals surface area (Å²) in [6.45, 7) is 3.48. The molecule has 1 amide bonds. The molecule has 0 aliphatic carbocycles. The van der Waals surface area contributed by atoms with Gasteiger partial charge in [0.1, 0.15) is 11.1 Å². The van der Waals surface area contributed by atoms with Crippen molar-refractivity contribution in [3.05, 3.63) is 44.2 Å². The first-order valence-electron chi connectivity index (χ1n) is 7.31. The molecule has 5 nitrogen and oxygen atoms in total. The Kier molecular flexibility index (Phi) is 5.84. The van der Waals surface area contributed by atoms with Gasteiger partial charge in [0.25, 0.3) is 5.91 Å². The molecule has 1 aliphatic heterocycles. The maximum Gasteiger partial charge on any atom is 0.349 e. The molecule has 1 aromatic heterocycles. The van der Waals surface area contributed by atoms with Crippen molar-refractivity contribution < 1.29 is 9.21 Å². The minimum atomic E-state index is -0.589. The number of carbonyl (C=O) groups is 1. The molecule has 1 fully saturated rings. The van der Waals surface area contributed by atoms with Gasteiger partial charge in [-0.3, -0.25) is 4.79 Å². The van der Waals surface area contributed by atoms with Crippen molar-refractivity contribution in [2.24, 2.45) is 0 Å². The van der Waals surface area contributed by atoms with Crippen molar-refractivity contribution in [2.75, 3.05) is 13.1 Å². The summed E-state index contributed by atoms with van der Waals surface area (Å²) in [4.78, 5) is 24.6. The molecule has 23 heavy (non-hydrogen) atoms. The smallest absolute Gasteiger partial charge is 0.349 e. The Morgan fingerprint density at radius 3 is 2.91 bits per heavy atom. The molecule has 1 atom stereocenters. The molecular weight excluding hydrogens is 384 g/mol. The van der Waals surface area contributed by atoms with E-state index in [1.165, 1.54) is 0 Å². The van der Waals surface area contributed by atoms with Gasteiger partial charge in [0.05, 0.1) is 0 Å². The summed E-state index contributed by atoms with van der Waals surface area (Å²) in [6.07, 6.45) is 1.94. The number of nitrogens with one attached hydrogen (secondary N) is 2. The van der Waals surface area contributed by atoms with Gasteiger partial charge in [-0.15, -0.1) is 12.4 Å². The predicted molar refractivity (Wildman–Crippen MR) is 95.5 cm³/mol. The van der Waals surface area contributed by atoms with E-state index in [4.69, 9.17) is 4.42 Å². The summed E-state index contributed by atoms with van der Waals surface area (Å²) in [6, 6.07) is 5.43.